The van der Waals surface area contributed by atoms with Gasteiger partial charge in [-0.05, 0) is 31.0 Å². The van der Waals surface area contributed by atoms with Crippen LogP contribution in [0.1, 0.15) is 23.7 Å². The molecule has 0 fully saturated rings. The first-order valence-electron chi connectivity index (χ1n) is 5.47. The van der Waals surface area contributed by atoms with E-state index in [1.165, 1.54) is 0 Å². The minimum atomic E-state index is -0.759. The van der Waals surface area contributed by atoms with Crippen LogP contribution in [-0.2, 0) is 0 Å². The first kappa shape index (κ1) is 13.6. The van der Waals surface area contributed by atoms with Crippen LogP contribution in [0.25, 0.3) is 0 Å². The van der Waals surface area contributed by atoms with Gasteiger partial charge in [0.2, 0.25) is 0 Å². The Morgan fingerprint density at radius 2 is 1.94 bits per heavy atom. The number of carbonyl (C=O) groups is 1. The Balaban J connectivity index is 2.58. The molecule has 3 N–H and O–H groups in total. The Hall–Kier alpha value is -1.49. The fourth-order valence-corrected chi connectivity index (χ4v) is 1.44. The molecule has 0 spiro atoms. The smallest absolute Gasteiger partial charge is 0.251 e. The van der Waals surface area contributed by atoms with Gasteiger partial charge in [0.1, 0.15) is 11.6 Å². The van der Waals surface area contributed by atoms with Gasteiger partial charge >= 0.3 is 0 Å². The number of halogens is 2. The molecule has 0 aliphatic rings. The maximum atomic E-state index is 12.9. The second-order valence-corrected chi connectivity index (χ2v) is 4.05. The van der Waals surface area contributed by atoms with E-state index in [0.29, 0.717) is 13.1 Å². The number of nitrogens with one attached hydrogen (secondary N) is 1. The van der Waals surface area contributed by atoms with Crippen LogP contribution in [0.4, 0.5) is 8.78 Å². The van der Waals surface area contributed by atoms with Crippen molar-refractivity contribution in [3.05, 3.63) is 35.4 Å². The van der Waals surface area contributed by atoms with Crippen molar-refractivity contribution in [1.82, 2.24) is 5.32 Å². The average molecular weight is 242 g/mol. The minimum Gasteiger partial charge on any atom is -0.352 e. The first-order chi connectivity index (χ1) is 8.02. The molecule has 1 amide bonds. The van der Waals surface area contributed by atoms with Crippen LogP contribution in [-0.4, -0.2) is 19.0 Å². The molecule has 1 aromatic carbocycles. The molecule has 5 heteroatoms. The number of hydrogen-bond donors (Lipinski definition) is 2. The monoisotopic (exact) mass is 242 g/mol. The highest BCUT2D eigenvalue weighted by Gasteiger charge is 2.10. The summed E-state index contributed by atoms with van der Waals surface area (Å²) in [5.41, 5.74) is 5.36. The number of benzene rings is 1. The van der Waals surface area contributed by atoms with E-state index in [1.54, 1.807) is 0 Å². The maximum absolute atomic E-state index is 12.9. The van der Waals surface area contributed by atoms with E-state index in [4.69, 9.17) is 5.73 Å². The lowest BCUT2D eigenvalue weighted by atomic mass is 10.1. The summed E-state index contributed by atoms with van der Waals surface area (Å²) in [6.45, 7) is 2.93. The van der Waals surface area contributed by atoms with Crippen molar-refractivity contribution in [2.24, 2.45) is 11.7 Å². The fourth-order valence-electron chi connectivity index (χ4n) is 1.44. The third-order valence-corrected chi connectivity index (χ3v) is 2.40. The molecule has 1 atom stereocenters. The van der Waals surface area contributed by atoms with Crippen molar-refractivity contribution in [1.29, 1.82) is 0 Å². The third kappa shape index (κ3) is 4.48. The number of rotatable bonds is 5. The second kappa shape index (κ2) is 6.30. The van der Waals surface area contributed by atoms with Gasteiger partial charge in [0.15, 0.2) is 0 Å². The highest BCUT2D eigenvalue weighted by Crippen LogP contribution is 2.08. The van der Waals surface area contributed by atoms with Gasteiger partial charge < -0.3 is 11.1 Å². The zero-order chi connectivity index (χ0) is 12.8. The van der Waals surface area contributed by atoms with Gasteiger partial charge in [-0.1, -0.05) is 6.92 Å². The van der Waals surface area contributed by atoms with E-state index in [9.17, 15) is 13.6 Å². The van der Waals surface area contributed by atoms with Gasteiger partial charge in [-0.3, -0.25) is 4.79 Å². The van der Waals surface area contributed by atoms with Gasteiger partial charge in [0.25, 0.3) is 5.91 Å². The zero-order valence-electron chi connectivity index (χ0n) is 9.67. The molecule has 0 radical (unpaired) electrons. The highest BCUT2D eigenvalue weighted by atomic mass is 19.1. The van der Waals surface area contributed by atoms with Crippen LogP contribution in [0, 0.1) is 17.6 Å². The van der Waals surface area contributed by atoms with E-state index in [2.05, 4.69) is 5.32 Å². The van der Waals surface area contributed by atoms with E-state index in [-0.39, 0.29) is 11.5 Å². The Morgan fingerprint density at radius 3 is 2.47 bits per heavy atom. The maximum Gasteiger partial charge on any atom is 0.251 e. The number of carbonyl (C=O) groups excluding carboxylic acids is 1. The number of hydrogen-bond acceptors (Lipinski definition) is 2. The highest BCUT2D eigenvalue weighted by molar-refractivity contribution is 5.94. The first-order valence-corrected chi connectivity index (χ1v) is 5.47. The Labute approximate surface area is 99.0 Å². The lowest BCUT2D eigenvalue weighted by Gasteiger charge is -2.11. The normalized spacial score (nSPS) is 12.2. The lowest BCUT2D eigenvalue weighted by molar-refractivity contribution is 0.0946. The summed E-state index contributed by atoms with van der Waals surface area (Å²) in [4.78, 5) is 11.6. The molecule has 1 aromatic rings. The van der Waals surface area contributed by atoms with Crippen LogP contribution in [0.3, 0.4) is 0 Å². The van der Waals surface area contributed by atoms with E-state index >= 15 is 0 Å². The van der Waals surface area contributed by atoms with Crippen molar-refractivity contribution in [3.63, 3.8) is 0 Å². The summed E-state index contributed by atoms with van der Waals surface area (Å²) in [7, 11) is 0. The molecule has 0 aliphatic heterocycles. The zero-order valence-corrected chi connectivity index (χ0v) is 9.67. The Kier molecular flexibility index (Phi) is 5.03. The van der Waals surface area contributed by atoms with Crippen LogP contribution in [0.15, 0.2) is 18.2 Å². The molecule has 0 saturated carbocycles. The van der Waals surface area contributed by atoms with Crippen LogP contribution in [0.5, 0.6) is 0 Å². The van der Waals surface area contributed by atoms with Crippen LogP contribution >= 0.6 is 0 Å². The van der Waals surface area contributed by atoms with Crippen LogP contribution < -0.4 is 11.1 Å². The molecule has 1 rings (SSSR count). The second-order valence-electron chi connectivity index (χ2n) is 4.05. The molecule has 0 bridgehead atoms. The van der Waals surface area contributed by atoms with Gasteiger partial charge in [0, 0.05) is 18.2 Å². The Bertz CT molecular complexity index is 376. The van der Waals surface area contributed by atoms with E-state index in [0.717, 1.165) is 24.6 Å². The fraction of sp³-hybridized carbons (Fsp3) is 0.417. The summed E-state index contributed by atoms with van der Waals surface area (Å²) in [6, 6.07) is 2.74. The Morgan fingerprint density at radius 1 is 1.35 bits per heavy atom. The molecule has 0 aromatic heterocycles. The van der Waals surface area contributed by atoms with Crippen molar-refractivity contribution in [2.45, 2.75) is 13.3 Å². The molecule has 17 heavy (non-hydrogen) atoms. The van der Waals surface area contributed by atoms with Crippen LogP contribution in [0.2, 0.25) is 0 Å². The van der Waals surface area contributed by atoms with Crippen molar-refractivity contribution in [3.8, 4) is 0 Å². The van der Waals surface area contributed by atoms with Gasteiger partial charge in [0.05, 0.1) is 0 Å². The summed E-state index contributed by atoms with van der Waals surface area (Å²) in [5.74, 6) is -1.76. The van der Waals surface area contributed by atoms with Gasteiger partial charge in [-0.25, -0.2) is 8.78 Å². The molecular weight excluding hydrogens is 226 g/mol. The van der Waals surface area contributed by atoms with E-state index < -0.39 is 17.5 Å². The SMILES string of the molecule is CC(CCN)CNC(=O)c1cc(F)cc(F)c1. The largest absolute Gasteiger partial charge is 0.352 e. The van der Waals surface area contributed by atoms with Gasteiger partial charge in [-0.2, -0.15) is 0 Å². The summed E-state index contributed by atoms with van der Waals surface area (Å²) < 4.78 is 25.7. The van der Waals surface area contributed by atoms with Crippen molar-refractivity contribution >= 4 is 5.91 Å². The summed E-state index contributed by atoms with van der Waals surface area (Å²) in [6.07, 6.45) is 0.789. The van der Waals surface area contributed by atoms with Crippen molar-refractivity contribution < 1.29 is 13.6 Å². The summed E-state index contributed by atoms with van der Waals surface area (Å²) >= 11 is 0. The quantitative estimate of drug-likeness (QED) is 0.825. The molecule has 3 nitrogen and oxygen atoms in total. The lowest BCUT2D eigenvalue weighted by Crippen LogP contribution is -2.29. The molecule has 0 aliphatic carbocycles. The molecule has 1 unspecified atom stereocenters. The molecular formula is C12H16F2N2O. The third-order valence-electron chi connectivity index (χ3n) is 2.40. The minimum absolute atomic E-state index is 0.0116. The molecule has 94 valence electrons. The number of amides is 1. The average Bonchev–Trinajstić information content (AvgIpc) is 2.25. The van der Waals surface area contributed by atoms with Crippen molar-refractivity contribution in [2.75, 3.05) is 13.1 Å². The number of nitrogens with two attached hydrogens (primary N) is 1. The molecule has 0 heterocycles. The predicted molar refractivity (Wildman–Crippen MR) is 61.5 cm³/mol. The topological polar surface area (TPSA) is 55.1 Å². The molecule has 0 saturated heterocycles. The van der Waals surface area contributed by atoms with E-state index in [1.807, 2.05) is 6.92 Å². The standard InChI is InChI=1S/C12H16F2N2O/c1-8(2-3-15)7-16-12(17)9-4-10(13)6-11(14)5-9/h4-6,8H,2-3,7,15H2,1H3,(H,16,17). The van der Waals surface area contributed by atoms with Gasteiger partial charge in [-0.15, -0.1) is 0 Å². The summed E-state index contributed by atoms with van der Waals surface area (Å²) in [5, 5.41) is 2.61. The predicted octanol–water partition coefficient (Wildman–Crippen LogP) is 1.68.